The second kappa shape index (κ2) is 9.65. The molecule has 0 aliphatic rings. The SMILES string of the molecule is Cc1c(Cl)cccc1NC(=O)c1ccc(OC(C)C(=O)Nc2ccccc2Cl)cc1. The average Bonchev–Trinajstić information content (AvgIpc) is 2.73. The van der Waals surface area contributed by atoms with Crippen LogP contribution in [-0.2, 0) is 4.79 Å². The van der Waals surface area contributed by atoms with Crippen LogP contribution in [0.1, 0.15) is 22.8 Å². The summed E-state index contributed by atoms with van der Waals surface area (Å²) in [5, 5.41) is 6.60. The van der Waals surface area contributed by atoms with E-state index in [9.17, 15) is 9.59 Å². The van der Waals surface area contributed by atoms with Crippen molar-refractivity contribution in [1.82, 2.24) is 0 Å². The van der Waals surface area contributed by atoms with Gasteiger partial charge in [-0.3, -0.25) is 9.59 Å². The number of halogens is 2. The van der Waals surface area contributed by atoms with Gasteiger partial charge >= 0.3 is 0 Å². The number of ether oxygens (including phenoxy) is 1. The minimum atomic E-state index is -0.755. The van der Waals surface area contributed by atoms with Crippen molar-refractivity contribution in [2.24, 2.45) is 0 Å². The lowest BCUT2D eigenvalue weighted by Crippen LogP contribution is -2.30. The Hall–Kier alpha value is -3.02. The minimum absolute atomic E-state index is 0.267. The third kappa shape index (κ3) is 5.32. The van der Waals surface area contributed by atoms with Gasteiger partial charge in [0.05, 0.1) is 10.7 Å². The van der Waals surface area contributed by atoms with Gasteiger partial charge in [-0.05, 0) is 67.9 Å². The molecule has 0 saturated carbocycles. The number of carbonyl (C=O) groups excluding carboxylic acids is 2. The predicted octanol–water partition coefficient (Wildman–Crippen LogP) is 5.96. The fourth-order valence-electron chi connectivity index (χ4n) is 2.68. The molecule has 3 aromatic carbocycles. The molecule has 0 bridgehead atoms. The molecule has 1 unspecified atom stereocenters. The van der Waals surface area contributed by atoms with Crippen molar-refractivity contribution in [3.05, 3.63) is 87.9 Å². The van der Waals surface area contributed by atoms with Gasteiger partial charge in [-0.15, -0.1) is 0 Å². The van der Waals surface area contributed by atoms with E-state index in [1.54, 1.807) is 73.7 Å². The van der Waals surface area contributed by atoms with Crippen LogP contribution in [0.3, 0.4) is 0 Å². The van der Waals surface area contributed by atoms with E-state index in [0.29, 0.717) is 32.7 Å². The van der Waals surface area contributed by atoms with E-state index in [2.05, 4.69) is 10.6 Å². The molecule has 3 rings (SSSR count). The third-order valence-corrected chi connectivity index (χ3v) is 5.19. The highest BCUT2D eigenvalue weighted by molar-refractivity contribution is 6.33. The summed E-state index contributed by atoms with van der Waals surface area (Å²) in [5.41, 5.74) is 2.42. The van der Waals surface area contributed by atoms with E-state index in [1.165, 1.54) is 0 Å². The molecule has 154 valence electrons. The van der Waals surface area contributed by atoms with Crippen LogP contribution in [0, 0.1) is 6.92 Å². The summed E-state index contributed by atoms with van der Waals surface area (Å²) < 4.78 is 5.67. The lowest BCUT2D eigenvalue weighted by atomic mass is 10.1. The number of nitrogens with one attached hydrogen (secondary N) is 2. The van der Waals surface area contributed by atoms with Gasteiger partial charge in [0.25, 0.3) is 11.8 Å². The van der Waals surface area contributed by atoms with Gasteiger partial charge in [0, 0.05) is 16.3 Å². The quantitative estimate of drug-likeness (QED) is 0.494. The fraction of sp³-hybridized carbons (Fsp3) is 0.130. The van der Waals surface area contributed by atoms with Crippen LogP contribution in [0.5, 0.6) is 5.75 Å². The highest BCUT2D eigenvalue weighted by atomic mass is 35.5. The highest BCUT2D eigenvalue weighted by Crippen LogP contribution is 2.24. The molecule has 2 amide bonds. The number of hydrogen-bond acceptors (Lipinski definition) is 3. The zero-order valence-corrected chi connectivity index (χ0v) is 17.9. The molecule has 0 radical (unpaired) electrons. The molecule has 0 aromatic heterocycles. The molecule has 0 aliphatic carbocycles. The fourth-order valence-corrected chi connectivity index (χ4v) is 3.03. The molecule has 5 nitrogen and oxygen atoms in total. The van der Waals surface area contributed by atoms with Crippen LogP contribution < -0.4 is 15.4 Å². The zero-order valence-electron chi connectivity index (χ0n) is 16.4. The van der Waals surface area contributed by atoms with Crippen LogP contribution in [0.2, 0.25) is 10.0 Å². The van der Waals surface area contributed by atoms with E-state index in [-0.39, 0.29) is 11.8 Å². The van der Waals surface area contributed by atoms with E-state index in [4.69, 9.17) is 27.9 Å². The topological polar surface area (TPSA) is 67.4 Å². The van der Waals surface area contributed by atoms with Gasteiger partial charge < -0.3 is 15.4 Å². The van der Waals surface area contributed by atoms with Gasteiger partial charge in [0.1, 0.15) is 5.75 Å². The Morgan fingerprint density at radius 2 is 1.47 bits per heavy atom. The summed E-state index contributed by atoms with van der Waals surface area (Å²) in [5.74, 6) is -0.134. The summed E-state index contributed by atoms with van der Waals surface area (Å²) in [4.78, 5) is 24.8. The number of rotatable bonds is 6. The van der Waals surface area contributed by atoms with Gasteiger partial charge in [-0.2, -0.15) is 0 Å². The van der Waals surface area contributed by atoms with Gasteiger partial charge in [0.2, 0.25) is 0 Å². The van der Waals surface area contributed by atoms with Gasteiger partial charge in [-0.1, -0.05) is 41.4 Å². The van der Waals surface area contributed by atoms with Crippen molar-refractivity contribution < 1.29 is 14.3 Å². The molecule has 0 spiro atoms. The summed E-state index contributed by atoms with van der Waals surface area (Å²) >= 11 is 12.1. The summed E-state index contributed by atoms with van der Waals surface area (Å²) in [7, 11) is 0. The molecule has 0 saturated heterocycles. The summed E-state index contributed by atoms with van der Waals surface area (Å²) in [6.45, 7) is 3.47. The Morgan fingerprint density at radius 1 is 0.833 bits per heavy atom. The van der Waals surface area contributed by atoms with Crippen molar-refractivity contribution in [3.8, 4) is 5.75 Å². The predicted molar refractivity (Wildman–Crippen MR) is 121 cm³/mol. The first kappa shape index (κ1) is 21.7. The Bertz CT molecular complexity index is 1070. The van der Waals surface area contributed by atoms with E-state index >= 15 is 0 Å². The summed E-state index contributed by atoms with van der Waals surface area (Å²) in [6.07, 6.45) is -0.755. The molecule has 7 heteroatoms. The van der Waals surface area contributed by atoms with Crippen molar-refractivity contribution in [2.45, 2.75) is 20.0 Å². The third-order valence-electron chi connectivity index (χ3n) is 4.45. The number of carbonyl (C=O) groups is 2. The van der Waals surface area contributed by atoms with Crippen molar-refractivity contribution in [1.29, 1.82) is 0 Å². The number of para-hydroxylation sites is 1. The molecular formula is C23H20Cl2N2O3. The number of benzene rings is 3. The first-order valence-corrected chi connectivity index (χ1v) is 9.99. The Morgan fingerprint density at radius 3 is 2.17 bits per heavy atom. The minimum Gasteiger partial charge on any atom is -0.481 e. The molecule has 0 fully saturated rings. The van der Waals surface area contributed by atoms with E-state index < -0.39 is 6.10 Å². The molecule has 3 aromatic rings. The zero-order chi connectivity index (χ0) is 21.7. The number of hydrogen-bond donors (Lipinski definition) is 2. The standard InChI is InChI=1S/C23H20Cl2N2O3/c1-14-18(24)7-5-9-20(14)26-23(29)16-10-12-17(13-11-16)30-15(2)22(28)27-21-8-4-3-6-19(21)25/h3-13,15H,1-2H3,(H,26,29)(H,27,28). The Balaban J connectivity index is 1.61. The van der Waals surface area contributed by atoms with Crippen molar-refractivity contribution in [3.63, 3.8) is 0 Å². The molecule has 0 heterocycles. The molecular weight excluding hydrogens is 423 g/mol. The van der Waals surface area contributed by atoms with Gasteiger partial charge in [0.15, 0.2) is 6.10 Å². The van der Waals surface area contributed by atoms with Crippen molar-refractivity contribution >= 4 is 46.4 Å². The lowest BCUT2D eigenvalue weighted by Gasteiger charge is -2.15. The number of amides is 2. The maximum atomic E-state index is 12.5. The molecule has 30 heavy (non-hydrogen) atoms. The van der Waals surface area contributed by atoms with Gasteiger partial charge in [-0.25, -0.2) is 0 Å². The van der Waals surface area contributed by atoms with Crippen LogP contribution in [0.25, 0.3) is 0 Å². The highest BCUT2D eigenvalue weighted by Gasteiger charge is 2.16. The second-order valence-electron chi connectivity index (χ2n) is 6.62. The average molecular weight is 443 g/mol. The molecule has 2 N–H and O–H groups in total. The monoisotopic (exact) mass is 442 g/mol. The Kier molecular flexibility index (Phi) is 6.98. The van der Waals surface area contributed by atoms with Crippen LogP contribution in [0.15, 0.2) is 66.7 Å². The van der Waals surface area contributed by atoms with Crippen LogP contribution in [-0.4, -0.2) is 17.9 Å². The second-order valence-corrected chi connectivity index (χ2v) is 7.43. The first-order chi connectivity index (χ1) is 14.3. The van der Waals surface area contributed by atoms with Crippen molar-refractivity contribution in [2.75, 3.05) is 10.6 Å². The number of anilines is 2. The van der Waals surface area contributed by atoms with Crippen LogP contribution >= 0.6 is 23.2 Å². The smallest absolute Gasteiger partial charge is 0.265 e. The van der Waals surface area contributed by atoms with E-state index in [0.717, 1.165) is 5.56 Å². The lowest BCUT2D eigenvalue weighted by molar-refractivity contribution is -0.122. The van der Waals surface area contributed by atoms with E-state index in [1.807, 2.05) is 6.92 Å². The Labute approximate surface area is 185 Å². The summed E-state index contributed by atoms with van der Waals surface area (Å²) in [6, 6.07) is 18.8. The van der Waals surface area contributed by atoms with Crippen LogP contribution in [0.4, 0.5) is 11.4 Å². The molecule has 0 aliphatic heterocycles. The maximum Gasteiger partial charge on any atom is 0.265 e. The molecule has 1 atom stereocenters. The normalized spacial score (nSPS) is 11.5. The first-order valence-electron chi connectivity index (χ1n) is 9.23. The maximum absolute atomic E-state index is 12.5. The largest absolute Gasteiger partial charge is 0.481 e.